The SMILES string of the molecule is CCOC(=O)C1=C(O)C(=O)C(C(=O)OCC)C1C(=O)OCC. The molecule has 0 heterocycles. The summed E-state index contributed by atoms with van der Waals surface area (Å²) in [5.74, 6) is -8.24. The lowest BCUT2D eigenvalue weighted by atomic mass is 9.90. The summed E-state index contributed by atoms with van der Waals surface area (Å²) in [6, 6.07) is 0. The zero-order chi connectivity index (χ0) is 16.9. The van der Waals surface area contributed by atoms with Gasteiger partial charge in [0.05, 0.1) is 25.4 Å². The van der Waals surface area contributed by atoms with E-state index in [1.807, 2.05) is 0 Å². The molecule has 0 aromatic heterocycles. The van der Waals surface area contributed by atoms with Crippen LogP contribution in [0.1, 0.15) is 20.8 Å². The topological polar surface area (TPSA) is 116 Å². The minimum Gasteiger partial charge on any atom is -0.504 e. The molecule has 2 atom stereocenters. The number of hydrogen-bond donors (Lipinski definition) is 1. The van der Waals surface area contributed by atoms with E-state index in [0.29, 0.717) is 0 Å². The van der Waals surface area contributed by atoms with E-state index >= 15 is 0 Å². The first-order valence-electron chi connectivity index (χ1n) is 6.88. The van der Waals surface area contributed by atoms with E-state index in [-0.39, 0.29) is 19.8 Å². The van der Waals surface area contributed by atoms with Crippen molar-refractivity contribution in [1.29, 1.82) is 0 Å². The van der Waals surface area contributed by atoms with Crippen molar-refractivity contribution in [3.8, 4) is 0 Å². The van der Waals surface area contributed by atoms with Crippen molar-refractivity contribution >= 4 is 23.7 Å². The van der Waals surface area contributed by atoms with Crippen molar-refractivity contribution in [2.24, 2.45) is 11.8 Å². The highest BCUT2D eigenvalue weighted by molar-refractivity contribution is 6.19. The Labute approximate surface area is 127 Å². The van der Waals surface area contributed by atoms with Gasteiger partial charge in [0.15, 0.2) is 5.76 Å². The van der Waals surface area contributed by atoms with Crippen molar-refractivity contribution in [1.82, 2.24) is 0 Å². The van der Waals surface area contributed by atoms with Gasteiger partial charge < -0.3 is 19.3 Å². The third-order valence-electron chi connectivity index (χ3n) is 2.99. The number of Topliss-reactive ketones (excluding diaryl/α,β-unsaturated/α-hetero) is 1. The zero-order valence-electron chi connectivity index (χ0n) is 12.6. The van der Waals surface area contributed by atoms with Gasteiger partial charge in [0.25, 0.3) is 0 Å². The third kappa shape index (κ3) is 3.26. The standard InChI is InChI=1S/C14H18O8/c1-4-20-12(17)7-8(13(18)21-5-2)10(15)11(16)9(7)14(19)22-6-3/h7-8,16H,4-6H2,1-3H3. The maximum absolute atomic E-state index is 12.0. The van der Waals surface area contributed by atoms with Gasteiger partial charge in [0.1, 0.15) is 11.8 Å². The van der Waals surface area contributed by atoms with Crippen molar-refractivity contribution in [2.75, 3.05) is 19.8 Å². The van der Waals surface area contributed by atoms with Crippen LogP contribution < -0.4 is 0 Å². The largest absolute Gasteiger partial charge is 0.504 e. The molecule has 1 aliphatic rings. The lowest BCUT2D eigenvalue weighted by Crippen LogP contribution is -2.35. The van der Waals surface area contributed by atoms with Gasteiger partial charge in [-0.2, -0.15) is 0 Å². The minimum absolute atomic E-state index is 0.0179. The predicted molar refractivity (Wildman–Crippen MR) is 71.5 cm³/mol. The molecule has 2 unspecified atom stereocenters. The van der Waals surface area contributed by atoms with Crippen molar-refractivity contribution < 1.29 is 38.5 Å². The first-order valence-corrected chi connectivity index (χ1v) is 6.88. The molecule has 8 nitrogen and oxygen atoms in total. The molecule has 0 saturated heterocycles. The number of esters is 3. The van der Waals surface area contributed by atoms with Gasteiger partial charge in [0, 0.05) is 0 Å². The molecule has 0 bridgehead atoms. The van der Waals surface area contributed by atoms with Crippen LogP contribution in [0.15, 0.2) is 11.3 Å². The van der Waals surface area contributed by atoms with Crippen LogP contribution in [-0.4, -0.2) is 48.6 Å². The molecule has 0 aromatic rings. The van der Waals surface area contributed by atoms with Gasteiger partial charge in [-0.1, -0.05) is 0 Å². The molecule has 0 fully saturated rings. The molecule has 8 heteroatoms. The number of rotatable bonds is 6. The average Bonchev–Trinajstić information content (AvgIpc) is 2.72. The fourth-order valence-electron chi connectivity index (χ4n) is 2.14. The van der Waals surface area contributed by atoms with Gasteiger partial charge in [0.2, 0.25) is 5.78 Å². The smallest absolute Gasteiger partial charge is 0.338 e. The highest BCUT2D eigenvalue weighted by atomic mass is 16.5. The number of carbonyl (C=O) groups excluding carboxylic acids is 4. The van der Waals surface area contributed by atoms with E-state index in [2.05, 4.69) is 0 Å². The Hall–Kier alpha value is -2.38. The molecule has 1 rings (SSSR count). The number of aliphatic hydroxyl groups excluding tert-OH is 1. The van der Waals surface area contributed by atoms with E-state index in [0.717, 1.165) is 0 Å². The fourth-order valence-corrected chi connectivity index (χ4v) is 2.14. The van der Waals surface area contributed by atoms with E-state index in [1.165, 1.54) is 20.8 Å². The van der Waals surface area contributed by atoms with Crippen molar-refractivity contribution in [3.05, 3.63) is 11.3 Å². The number of ether oxygens (including phenoxy) is 3. The normalized spacial score (nSPS) is 20.8. The van der Waals surface area contributed by atoms with E-state index in [1.54, 1.807) is 0 Å². The van der Waals surface area contributed by atoms with Crippen LogP contribution in [0.25, 0.3) is 0 Å². The maximum atomic E-state index is 12.0. The summed E-state index contributed by atoms with van der Waals surface area (Å²) < 4.78 is 14.2. The summed E-state index contributed by atoms with van der Waals surface area (Å²) in [4.78, 5) is 47.9. The monoisotopic (exact) mass is 314 g/mol. The zero-order valence-corrected chi connectivity index (χ0v) is 12.6. The number of allylic oxidation sites excluding steroid dienone is 1. The maximum Gasteiger partial charge on any atom is 0.338 e. The third-order valence-corrected chi connectivity index (χ3v) is 2.99. The Morgan fingerprint density at radius 1 is 0.909 bits per heavy atom. The first kappa shape index (κ1) is 17.7. The predicted octanol–water partition coefficient (Wildman–Crippen LogP) is 0.303. The summed E-state index contributed by atoms with van der Waals surface area (Å²) in [6.07, 6.45) is 0. The first-order chi connectivity index (χ1) is 10.4. The molecule has 1 N–H and O–H groups in total. The molecule has 0 saturated carbocycles. The van der Waals surface area contributed by atoms with Gasteiger partial charge >= 0.3 is 17.9 Å². The molecule has 0 spiro atoms. The summed E-state index contributed by atoms with van der Waals surface area (Å²) in [7, 11) is 0. The second-order valence-corrected chi connectivity index (χ2v) is 4.31. The second-order valence-electron chi connectivity index (χ2n) is 4.31. The molecule has 22 heavy (non-hydrogen) atoms. The summed E-state index contributed by atoms with van der Waals surface area (Å²) in [6.45, 7) is 4.51. The molecule has 1 aliphatic carbocycles. The Kier molecular flexibility index (Phi) is 6.09. The molecular weight excluding hydrogens is 296 g/mol. The lowest BCUT2D eigenvalue weighted by Gasteiger charge is -2.17. The molecular formula is C14H18O8. The highest BCUT2D eigenvalue weighted by Crippen LogP contribution is 2.36. The van der Waals surface area contributed by atoms with E-state index in [4.69, 9.17) is 14.2 Å². The Bertz CT molecular complexity index is 519. The van der Waals surface area contributed by atoms with Crippen LogP contribution in [0.3, 0.4) is 0 Å². The quantitative estimate of drug-likeness (QED) is 0.423. The number of carbonyl (C=O) groups is 4. The van der Waals surface area contributed by atoms with Crippen LogP contribution in [-0.2, 0) is 33.4 Å². The highest BCUT2D eigenvalue weighted by Gasteiger charge is 2.54. The minimum atomic E-state index is -1.64. The van der Waals surface area contributed by atoms with Crippen molar-refractivity contribution in [2.45, 2.75) is 20.8 Å². The Morgan fingerprint density at radius 3 is 1.82 bits per heavy atom. The Morgan fingerprint density at radius 2 is 1.36 bits per heavy atom. The number of aliphatic hydroxyl groups is 1. The molecule has 0 radical (unpaired) electrons. The van der Waals surface area contributed by atoms with Gasteiger partial charge in [-0.05, 0) is 20.8 Å². The number of ketones is 1. The van der Waals surface area contributed by atoms with E-state index < -0.39 is 46.9 Å². The second kappa shape index (κ2) is 7.58. The summed E-state index contributed by atoms with van der Waals surface area (Å²) in [5, 5.41) is 9.84. The summed E-state index contributed by atoms with van der Waals surface area (Å²) in [5.41, 5.74) is -0.566. The van der Waals surface area contributed by atoms with Crippen LogP contribution in [0.5, 0.6) is 0 Å². The van der Waals surface area contributed by atoms with Gasteiger partial charge in [-0.15, -0.1) is 0 Å². The van der Waals surface area contributed by atoms with Gasteiger partial charge in [-0.3, -0.25) is 14.4 Å². The van der Waals surface area contributed by atoms with Gasteiger partial charge in [-0.25, -0.2) is 4.79 Å². The fraction of sp³-hybridized carbons (Fsp3) is 0.571. The van der Waals surface area contributed by atoms with Crippen LogP contribution in [0, 0.1) is 11.8 Å². The average molecular weight is 314 g/mol. The molecule has 0 aliphatic heterocycles. The molecule has 122 valence electrons. The lowest BCUT2D eigenvalue weighted by molar-refractivity contribution is -0.161. The Balaban J connectivity index is 3.26. The summed E-state index contributed by atoms with van der Waals surface area (Å²) >= 11 is 0. The van der Waals surface area contributed by atoms with Crippen molar-refractivity contribution in [3.63, 3.8) is 0 Å². The van der Waals surface area contributed by atoms with Crippen LogP contribution in [0.4, 0.5) is 0 Å². The number of hydrogen-bond acceptors (Lipinski definition) is 8. The molecule has 0 aromatic carbocycles. The molecule has 0 amide bonds. The van der Waals surface area contributed by atoms with Crippen LogP contribution in [0.2, 0.25) is 0 Å². The van der Waals surface area contributed by atoms with E-state index in [9.17, 15) is 24.3 Å². The van der Waals surface area contributed by atoms with Crippen LogP contribution >= 0.6 is 0 Å².